The van der Waals surface area contributed by atoms with E-state index in [1.54, 1.807) is 7.11 Å². The van der Waals surface area contributed by atoms with Gasteiger partial charge in [0.05, 0.1) is 7.11 Å². The van der Waals surface area contributed by atoms with Gasteiger partial charge in [0.25, 0.3) is 0 Å². The first-order chi connectivity index (χ1) is 12.0. The molecule has 1 aromatic carbocycles. The van der Waals surface area contributed by atoms with Crippen LogP contribution >= 0.6 is 0 Å². The predicted molar refractivity (Wildman–Crippen MR) is 98.1 cm³/mol. The standard InChI is InChI=1S/C20H30N2O3/c1-13(2)20(23)22-7-5-17(6-8-22)21-12-16-11-19-15(9-14(3)25-19)10-18(16)24-4/h10-11,13-14,17,21H,5-9,12H2,1-4H3/t14-/m0/s1. The first kappa shape index (κ1) is 18.1. The first-order valence-corrected chi connectivity index (χ1v) is 9.36. The summed E-state index contributed by atoms with van der Waals surface area (Å²) in [5.41, 5.74) is 2.37. The second kappa shape index (κ2) is 7.65. The maximum Gasteiger partial charge on any atom is 0.225 e. The topological polar surface area (TPSA) is 50.8 Å². The number of ether oxygens (including phenoxy) is 2. The highest BCUT2D eigenvalue weighted by Gasteiger charge is 2.25. The summed E-state index contributed by atoms with van der Waals surface area (Å²) in [4.78, 5) is 14.1. The van der Waals surface area contributed by atoms with Crippen LogP contribution in [0.5, 0.6) is 11.5 Å². The molecule has 25 heavy (non-hydrogen) atoms. The van der Waals surface area contributed by atoms with Crippen molar-refractivity contribution < 1.29 is 14.3 Å². The number of benzene rings is 1. The lowest BCUT2D eigenvalue weighted by Crippen LogP contribution is -2.46. The van der Waals surface area contributed by atoms with Gasteiger partial charge >= 0.3 is 0 Å². The number of piperidine rings is 1. The molecule has 2 aliphatic heterocycles. The molecule has 0 aromatic heterocycles. The first-order valence-electron chi connectivity index (χ1n) is 9.36. The maximum atomic E-state index is 12.1. The monoisotopic (exact) mass is 346 g/mol. The number of hydrogen-bond acceptors (Lipinski definition) is 4. The Morgan fingerprint density at radius 3 is 2.72 bits per heavy atom. The molecule has 0 unspecified atom stereocenters. The fourth-order valence-electron chi connectivity index (χ4n) is 3.73. The molecule has 1 aromatic rings. The molecule has 0 aliphatic carbocycles. The van der Waals surface area contributed by atoms with E-state index >= 15 is 0 Å². The molecule has 1 saturated heterocycles. The van der Waals surface area contributed by atoms with Crippen molar-refractivity contribution in [1.29, 1.82) is 0 Å². The number of nitrogens with zero attached hydrogens (tertiary/aromatic N) is 1. The van der Waals surface area contributed by atoms with Crippen LogP contribution in [0.2, 0.25) is 0 Å². The number of methoxy groups -OCH3 is 1. The predicted octanol–water partition coefficient (Wildman–Crippen LogP) is 2.76. The Morgan fingerprint density at radius 2 is 2.08 bits per heavy atom. The molecule has 138 valence electrons. The summed E-state index contributed by atoms with van der Waals surface area (Å²) in [6.45, 7) is 8.48. The van der Waals surface area contributed by atoms with Gasteiger partial charge in [0.15, 0.2) is 0 Å². The highest BCUT2D eigenvalue weighted by atomic mass is 16.5. The second-order valence-corrected chi connectivity index (χ2v) is 7.54. The van der Waals surface area contributed by atoms with E-state index in [-0.39, 0.29) is 17.9 Å². The van der Waals surface area contributed by atoms with Crippen molar-refractivity contribution in [2.75, 3.05) is 20.2 Å². The number of carbonyl (C=O) groups excluding carboxylic acids is 1. The molecular formula is C20H30N2O3. The molecule has 0 radical (unpaired) electrons. The largest absolute Gasteiger partial charge is 0.496 e. The summed E-state index contributed by atoms with van der Waals surface area (Å²) < 4.78 is 11.4. The van der Waals surface area contributed by atoms with E-state index in [1.807, 2.05) is 18.7 Å². The van der Waals surface area contributed by atoms with Gasteiger partial charge in [-0.15, -0.1) is 0 Å². The zero-order valence-corrected chi connectivity index (χ0v) is 15.8. The lowest BCUT2D eigenvalue weighted by molar-refractivity contribution is -0.135. The molecule has 5 heteroatoms. The van der Waals surface area contributed by atoms with E-state index in [1.165, 1.54) is 5.56 Å². The molecule has 5 nitrogen and oxygen atoms in total. The summed E-state index contributed by atoms with van der Waals surface area (Å²) in [5.74, 6) is 2.27. The van der Waals surface area contributed by atoms with Gasteiger partial charge in [0.1, 0.15) is 17.6 Å². The Hall–Kier alpha value is -1.75. The number of hydrogen-bond donors (Lipinski definition) is 1. The molecule has 1 fully saturated rings. The minimum absolute atomic E-state index is 0.0857. The molecule has 2 aliphatic rings. The normalized spacial score (nSPS) is 20.5. The van der Waals surface area contributed by atoms with Gasteiger partial charge in [0.2, 0.25) is 5.91 Å². The number of rotatable bonds is 5. The molecule has 0 bridgehead atoms. The van der Waals surface area contributed by atoms with Crippen LogP contribution in [0.1, 0.15) is 44.7 Å². The van der Waals surface area contributed by atoms with E-state index < -0.39 is 0 Å². The molecule has 1 amide bonds. The molecule has 0 spiro atoms. The minimum atomic E-state index is 0.0857. The fraction of sp³-hybridized carbons (Fsp3) is 0.650. The average Bonchev–Trinajstić information content (AvgIpc) is 2.97. The summed E-state index contributed by atoms with van der Waals surface area (Å²) in [6.07, 6.45) is 3.19. The Balaban J connectivity index is 1.56. The van der Waals surface area contributed by atoms with E-state index in [0.717, 1.165) is 56.0 Å². The van der Waals surface area contributed by atoms with Gasteiger partial charge in [-0.2, -0.15) is 0 Å². The Morgan fingerprint density at radius 1 is 1.36 bits per heavy atom. The van der Waals surface area contributed by atoms with E-state index in [2.05, 4.69) is 24.4 Å². The van der Waals surface area contributed by atoms with Crippen LogP contribution in [0.15, 0.2) is 12.1 Å². The van der Waals surface area contributed by atoms with Crippen molar-refractivity contribution in [3.05, 3.63) is 23.3 Å². The van der Waals surface area contributed by atoms with Crippen LogP contribution in [-0.4, -0.2) is 43.2 Å². The molecule has 2 heterocycles. The van der Waals surface area contributed by atoms with Crippen LogP contribution < -0.4 is 14.8 Å². The average molecular weight is 346 g/mol. The zero-order chi connectivity index (χ0) is 18.0. The summed E-state index contributed by atoms with van der Waals surface area (Å²) >= 11 is 0. The lowest BCUT2D eigenvalue weighted by Gasteiger charge is -2.33. The highest BCUT2D eigenvalue weighted by molar-refractivity contribution is 5.78. The number of carbonyl (C=O) groups is 1. The van der Waals surface area contributed by atoms with Crippen molar-refractivity contribution in [2.24, 2.45) is 5.92 Å². The minimum Gasteiger partial charge on any atom is -0.496 e. The van der Waals surface area contributed by atoms with Crippen molar-refractivity contribution >= 4 is 5.91 Å². The number of fused-ring (bicyclic) bond motifs is 1. The maximum absolute atomic E-state index is 12.1. The zero-order valence-electron chi connectivity index (χ0n) is 15.8. The van der Waals surface area contributed by atoms with Gasteiger partial charge in [-0.3, -0.25) is 4.79 Å². The SMILES string of the molecule is COc1cc2c(cc1CNC1CCN(C(=O)C(C)C)CC1)O[C@@H](C)C2. The smallest absolute Gasteiger partial charge is 0.225 e. The van der Waals surface area contributed by atoms with Crippen LogP contribution in [0.3, 0.4) is 0 Å². The van der Waals surface area contributed by atoms with Crippen molar-refractivity contribution in [3.8, 4) is 11.5 Å². The molecule has 0 saturated carbocycles. The molecule has 1 atom stereocenters. The number of amides is 1. The van der Waals surface area contributed by atoms with Crippen molar-refractivity contribution in [3.63, 3.8) is 0 Å². The van der Waals surface area contributed by atoms with Crippen molar-refractivity contribution in [2.45, 2.75) is 58.7 Å². The fourth-order valence-corrected chi connectivity index (χ4v) is 3.73. The molecular weight excluding hydrogens is 316 g/mol. The van der Waals surface area contributed by atoms with E-state index in [0.29, 0.717) is 6.04 Å². The van der Waals surface area contributed by atoms with Crippen LogP contribution in [0, 0.1) is 5.92 Å². The lowest BCUT2D eigenvalue weighted by atomic mass is 10.0. The van der Waals surface area contributed by atoms with Crippen LogP contribution in [0.4, 0.5) is 0 Å². The Labute approximate surface area is 150 Å². The number of nitrogens with one attached hydrogen (secondary N) is 1. The Bertz CT molecular complexity index is 622. The summed E-state index contributed by atoms with van der Waals surface area (Å²) in [7, 11) is 1.72. The third kappa shape index (κ3) is 4.09. The highest BCUT2D eigenvalue weighted by Crippen LogP contribution is 2.35. The van der Waals surface area contributed by atoms with Gasteiger partial charge < -0.3 is 19.7 Å². The third-order valence-electron chi connectivity index (χ3n) is 5.18. The van der Waals surface area contributed by atoms with Gasteiger partial charge in [-0.1, -0.05) is 13.8 Å². The van der Waals surface area contributed by atoms with Crippen LogP contribution in [-0.2, 0) is 17.8 Å². The molecule has 1 N–H and O–H groups in total. The number of likely N-dealkylation sites (tertiary alicyclic amines) is 1. The van der Waals surface area contributed by atoms with Crippen molar-refractivity contribution in [1.82, 2.24) is 10.2 Å². The van der Waals surface area contributed by atoms with Gasteiger partial charge in [-0.05, 0) is 31.9 Å². The van der Waals surface area contributed by atoms with Gasteiger partial charge in [0, 0.05) is 49.1 Å². The summed E-state index contributed by atoms with van der Waals surface area (Å²) in [6, 6.07) is 4.66. The quantitative estimate of drug-likeness (QED) is 0.891. The summed E-state index contributed by atoms with van der Waals surface area (Å²) in [5, 5.41) is 3.63. The second-order valence-electron chi connectivity index (χ2n) is 7.54. The Kier molecular flexibility index (Phi) is 5.52. The molecule has 3 rings (SSSR count). The third-order valence-corrected chi connectivity index (χ3v) is 5.18. The van der Waals surface area contributed by atoms with E-state index in [4.69, 9.17) is 9.47 Å². The van der Waals surface area contributed by atoms with Crippen LogP contribution in [0.25, 0.3) is 0 Å². The van der Waals surface area contributed by atoms with E-state index in [9.17, 15) is 4.79 Å². The van der Waals surface area contributed by atoms with Gasteiger partial charge in [-0.25, -0.2) is 0 Å².